The van der Waals surface area contributed by atoms with Gasteiger partial charge < -0.3 is 9.47 Å². The lowest BCUT2D eigenvalue weighted by molar-refractivity contribution is -0.156. The quantitative estimate of drug-likeness (QED) is 0.124. The molecule has 2 rings (SSSR count). The summed E-state index contributed by atoms with van der Waals surface area (Å²) in [6, 6.07) is -0.264. The molecule has 4 nitrogen and oxygen atoms in total. The topological polar surface area (TPSA) is 38.8 Å². The molecule has 0 bridgehead atoms. The summed E-state index contributed by atoms with van der Waals surface area (Å²) in [6.07, 6.45) is 22.2. The maximum Gasteiger partial charge on any atom is 0.323 e. The second kappa shape index (κ2) is 15.9. The lowest BCUT2D eigenvalue weighted by atomic mass is 9.72. The van der Waals surface area contributed by atoms with Crippen LogP contribution in [0.4, 0.5) is 0 Å². The Bertz CT molecular complexity index is 681. The molecule has 1 fully saturated rings. The van der Waals surface area contributed by atoms with Crippen LogP contribution >= 0.6 is 0 Å². The minimum absolute atomic E-state index is 0.0203. The fourth-order valence-corrected chi connectivity index (χ4v) is 5.86. The first-order valence-corrected chi connectivity index (χ1v) is 14.7. The highest BCUT2D eigenvalue weighted by molar-refractivity contribution is 5.75. The molecule has 2 aliphatic rings. The Kier molecular flexibility index (Phi) is 13.6. The Morgan fingerprint density at radius 2 is 1.86 bits per heavy atom. The fourth-order valence-electron chi connectivity index (χ4n) is 5.86. The lowest BCUT2D eigenvalue weighted by Gasteiger charge is -2.43. The van der Waals surface area contributed by atoms with E-state index < -0.39 is 0 Å². The van der Waals surface area contributed by atoms with Crippen LogP contribution in [0.25, 0.3) is 0 Å². The third-order valence-electron chi connectivity index (χ3n) is 7.94. The second-order valence-corrected chi connectivity index (χ2v) is 11.6. The van der Waals surface area contributed by atoms with E-state index >= 15 is 0 Å². The number of carbonyl (C=O) groups is 1. The number of ether oxygens (including phenoxy) is 2. The zero-order chi connectivity index (χ0) is 25.7. The summed E-state index contributed by atoms with van der Waals surface area (Å²) in [5.41, 5.74) is 2.97. The minimum Gasteiger partial charge on any atom is -0.465 e. The predicted octanol–water partition coefficient (Wildman–Crippen LogP) is 8.36. The molecule has 4 heteroatoms. The number of rotatable bonds is 16. The minimum atomic E-state index is -0.264. The van der Waals surface area contributed by atoms with Crippen molar-refractivity contribution in [1.82, 2.24) is 4.90 Å². The van der Waals surface area contributed by atoms with Crippen LogP contribution in [0.2, 0.25) is 0 Å². The molecular weight excluding hydrogens is 434 g/mol. The monoisotopic (exact) mass is 489 g/mol. The zero-order valence-corrected chi connectivity index (χ0v) is 23.9. The van der Waals surface area contributed by atoms with Crippen LogP contribution in [-0.2, 0) is 14.3 Å². The van der Waals surface area contributed by atoms with Crippen LogP contribution in [0, 0.1) is 5.41 Å². The third kappa shape index (κ3) is 10.0. The molecule has 0 radical (unpaired) electrons. The highest BCUT2D eigenvalue weighted by Gasteiger charge is 2.48. The number of carbonyl (C=O) groups excluding carboxylic acids is 1. The average Bonchev–Trinajstić information content (AvgIpc) is 3.25. The van der Waals surface area contributed by atoms with Gasteiger partial charge in [0.25, 0.3) is 0 Å². The molecule has 0 saturated carbocycles. The number of hydrogen-bond donors (Lipinski definition) is 0. The van der Waals surface area contributed by atoms with Crippen molar-refractivity contribution in [3.8, 4) is 0 Å². The van der Waals surface area contributed by atoms with E-state index in [1.54, 1.807) is 5.57 Å². The molecular formula is C31H55NO3. The van der Waals surface area contributed by atoms with Gasteiger partial charge >= 0.3 is 5.97 Å². The van der Waals surface area contributed by atoms with Crippen LogP contribution in [0.3, 0.4) is 0 Å². The summed E-state index contributed by atoms with van der Waals surface area (Å²) in [7, 11) is 0. The van der Waals surface area contributed by atoms with Crippen molar-refractivity contribution in [3.63, 3.8) is 0 Å². The highest BCUT2D eigenvalue weighted by Crippen LogP contribution is 2.46. The molecule has 4 atom stereocenters. The molecule has 0 spiro atoms. The second-order valence-electron chi connectivity index (χ2n) is 11.6. The summed E-state index contributed by atoms with van der Waals surface area (Å²) in [5, 5.41) is 0. The van der Waals surface area contributed by atoms with E-state index in [4.69, 9.17) is 9.47 Å². The van der Waals surface area contributed by atoms with Gasteiger partial charge in [-0.15, -0.1) is 0 Å². The molecule has 1 heterocycles. The van der Waals surface area contributed by atoms with E-state index in [0.717, 1.165) is 45.1 Å². The van der Waals surface area contributed by atoms with Gasteiger partial charge in [0.2, 0.25) is 0 Å². The van der Waals surface area contributed by atoms with Crippen LogP contribution in [0.15, 0.2) is 23.3 Å². The number of nitrogens with zero attached hydrogens (tertiary/aromatic N) is 1. The largest absolute Gasteiger partial charge is 0.465 e. The van der Waals surface area contributed by atoms with E-state index in [-0.39, 0.29) is 29.8 Å². The molecule has 202 valence electrons. The van der Waals surface area contributed by atoms with Gasteiger partial charge in [-0.2, -0.15) is 0 Å². The summed E-state index contributed by atoms with van der Waals surface area (Å²) in [4.78, 5) is 15.0. The predicted molar refractivity (Wildman–Crippen MR) is 147 cm³/mol. The third-order valence-corrected chi connectivity index (χ3v) is 7.94. The summed E-state index contributed by atoms with van der Waals surface area (Å²) in [5.74, 6) is -0.118. The first kappa shape index (κ1) is 30.1. The van der Waals surface area contributed by atoms with E-state index in [0.29, 0.717) is 6.61 Å². The lowest BCUT2D eigenvalue weighted by Crippen LogP contribution is -2.51. The first-order valence-electron chi connectivity index (χ1n) is 14.7. The average molecular weight is 490 g/mol. The highest BCUT2D eigenvalue weighted by atomic mass is 16.5. The molecule has 0 aromatic carbocycles. The molecule has 4 unspecified atom stereocenters. The molecule has 1 aliphatic carbocycles. The van der Waals surface area contributed by atoms with Crippen LogP contribution < -0.4 is 0 Å². The Balaban J connectivity index is 1.98. The fraction of sp³-hybridized carbons (Fsp3) is 0.839. The standard InChI is InChI=1S/C31H55NO3/c1-7-9-10-11-12-13-14-15-21-28-24-32(26(5)29(33)34-8-2)30(35-28)31(6)22-17-20-27(23-31)19-16-18-25(3)4/h18,20,26,28,30H,7-17,19,21-24H2,1-6H3. The molecule has 0 aromatic rings. The molecule has 1 saturated heterocycles. The number of unbranched alkanes of at least 4 members (excludes halogenated alkanes) is 7. The zero-order valence-electron chi connectivity index (χ0n) is 23.9. The van der Waals surface area contributed by atoms with Crippen molar-refractivity contribution in [1.29, 1.82) is 0 Å². The Morgan fingerprint density at radius 1 is 1.17 bits per heavy atom. The SMILES string of the molecule is CCCCCCCCCCC1CN(C(C)C(=O)OCC)C(C2(C)CCC=C(CCC=C(C)C)C2)O1. The maximum atomic E-state index is 12.7. The normalized spacial score (nSPS) is 25.8. The van der Waals surface area contributed by atoms with E-state index in [1.165, 1.54) is 56.9 Å². The van der Waals surface area contributed by atoms with E-state index in [1.807, 2.05) is 13.8 Å². The van der Waals surface area contributed by atoms with Gasteiger partial charge in [0, 0.05) is 12.0 Å². The van der Waals surface area contributed by atoms with E-state index in [9.17, 15) is 4.79 Å². The number of hydrogen-bond acceptors (Lipinski definition) is 4. The van der Waals surface area contributed by atoms with Gasteiger partial charge in [0.1, 0.15) is 12.3 Å². The Hall–Kier alpha value is -1.13. The smallest absolute Gasteiger partial charge is 0.323 e. The van der Waals surface area contributed by atoms with Gasteiger partial charge in [-0.3, -0.25) is 9.69 Å². The van der Waals surface area contributed by atoms with Crippen molar-refractivity contribution in [2.45, 2.75) is 150 Å². The molecule has 0 N–H and O–H groups in total. The van der Waals surface area contributed by atoms with Gasteiger partial charge in [-0.25, -0.2) is 0 Å². The first-order chi connectivity index (χ1) is 16.8. The van der Waals surface area contributed by atoms with Crippen LogP contribution in [0.5, 0.6) is 0 Å². The molecule has 0 aromatic heterocycles. The Labute approximate surface area is 216 Å². The van der Waals surface area contributed by atoms with Crippen LogP contribution in [-0.4, -0.2) is 42.4 Å². The maximum absolute atomic E-state index is 12.7. The summed E-state index contributed by atoms with van der Waals surface area (Å²) >= 11 is 0. The van der Waals surface area contributed by atoms with Gasteiger partial charge in [-0.1, -0.05) is 88.5 Å². The van der Waals surface area contributed by atoms with Gasteiger partial charge in [0.15, 0.2) is 0 Å². The van der Waals surface area contributed by atoms with E-state index in [2.05, 4.69) is 44.7 Å². The van der Waals surface area contributed by atoms with Crippen molar-refractivity contribution >= 4 is 5.97 Å². The molecule has 1 aliphatic heterocycles. The van der Waals surface area contributed by atoms with Crippen molar-refractivity contribution in [2.24, 2.45) is 5.41 Å². The van der Waals surface area contributed by atoms with Gasteiger partial charge in [0.05, 0.1) is 12.7 Å². The van der Waals surface area contributed by atoms with Crippen molar-refractivity contribution < 1.29 is 14.3 Å². The van der Waals surface area contributed by atoms with Crippen molar-refractivity contribution in [2.75, 3.05) is 13.2 Å². The van der Waals surface area contributed by atoms with Crippen molar-refractivity contribution in [3.05, 3.63) is 23.3 Å². The number of esters is 1. The molecule has 0 amide bonds. The Morgan fingerprint density at radius 3 is 2.51 bits per heavy atom. The van der Waals surface area contributed by atoms with Gasteiger partial charge in [-0.05, 0) is 66.2 Å². The summed E-state index contributed by atoms with van der Waals surface area (Å²) in [6.45, 7) is 14.2. The number of allylic oxidation sites excluding steroid dienone is 4. The molecule has 35 heavy (non-hydrogen) atoms. The van der Waals surface area contributed by atoms with Crippen LogP contribution in [0.1, 0.15) is 131 Å². The summed E-state index contributed by atoms with van der Waals surface area (Å²) < 4.78 is 12.2.